The van der Waals surface area contributed by atoms with Crippen molar-refractivity contribution < 1.29 is 52.4 Å². The average molecular weight is 975 g/mol. The number of amides is 4. The highest BCUT2D eigenvalue weighted by molar-refractivity contribution is 7.14. The quantitative estimate of drug-likeness (QED) is 0.238. The Morgan fingerprint density at radius 2 is 1.29 bits per heavy atom. The van der Waals surface area contributed by atoms with Gasteiger partial charge in [-0.15, -0.1) is 34.5 Å². The fraction of sp³-hybridized carbons (Fsp3) is 0.705. The van der Waals surface area contributed by atoms with Gasteiger partial charge < -0.3 is 54.7 Å². The van der Waals surface area contributed by atoms with E-state index in [1.165, 1.54) is 37.5 Å². The third-order valence-electron chi connectivity index (χ3n) is 11.8. The molecule has 0 radical (unpaired) electrons. The summed E-state index contributed by atoms with van der Waals surface area (Å²) in [5.74, 6) is -1.47. The van der Waals surface area contributed by atoms with Gasteiger partial charge in [0.1, 0.15) is 41.2 Å². The molecule has 0 spiro atoms. The SMILES string of the molecule is CC(C)(F)C[C@H](NC(=O)OC(C)(C)C)C(=O)N1C[C@@H](Cl)[C@H]2OC[C@H](O)[C@H]21.CN1CCN(c2nc(-c3ccc(C(=O)N[C@@H](CC(C)(C)F)C(=O)N4C[C@@H](Cl)[C@H]5OC[C@H](O)[C@H]54)cc3)cs2)CC1. The second kappa shape index (κ2) is 20.4. The molecule has 1 aromatic carbocycles. The van der Waals surface area contributed by atoms with Crippen molar-refractivity contribution in [2.45, 2.75) is 138 Å². The highest BCUT2D eigenvalue weighted by Crippen LogP contribution is 2.36. The van der Waals surface area contributed by atoms with E-state index in [1.807, 2.05) is 17.5 Å². The number of likely N-dealkylation sites (tertiary alicyclic amines) is 2. The van der Waals surface area contributed by atoms with Crippen LogP contribution in [0.3, 0.4) is 0 Å². The van der Waals surface area contributed by atoms with Crippen LogP contribution in [0.2, 0.25) is 0 Å². The molecule has 21 heteroatoms. The van der Waals surface area contributed by atoms with Crippen LogP contribution >= 0.6 is 34.5 Å². The number of alkyl halides is 4. The van der Waals surface area contributed by atoms with E-state index in [1.54, 1.807) is 44.2 Å². The number of aliphatic hydroxyl groups excluding tert-OH is 2. The average Bonchev–Trinajstić information content (AvgIpc) is 4.04. The van der Waals surface area contributed by atoms with E-state index in [0.29, 0.717) is 5.56 Å². The lowest BCUT2D eigenvalue weighted by atomic mass is 9.98. The van der Waals surface area contributed by atoms with Gasteiger partial charge >= 0.3 is 6.09 Å². The first kappa shape index (κ1) is 51.0. The number of nitrogens with one attached hydrogen (secondary N) is 2. The van der Waals surface area contributed by atoms with E-state index >= 15 is 0 Å². The topological polar surface area (TPSA) is 186 Å². The number of carbonyl (C=O) groups is 4. The van der Waals surface area contributed by atoms with Crippen LogP contribution in [0.1, 0.15) is 71.7 Å². The molecule has 0 unspecified atom stereocenters. The van der Waals surface area contributed by atoms with Gasteiger partial charge in [0, 0.05) is 68.6 Å². The summed E-state index contributed by atoms with van der Waals surface area (Å²) in [6.45, 7) is 14.8. The Balaban J connectivity index is 0.000000235. The third kappa shape index (κ3) is 13.0. The third-order valence-corrected chi connectivity index (χ3v) is 13.5. The number of hydrogen-bond donors (Lipinski definition) is 4. The summed E-state index contributed by atoms with van der Waals surface area (Å²) in [4.78, 5) is 64.0. The van der Waals surface area contributed by atoms with Gasteiger partial charge in [0.15, 0.2) is 5.13 Å². The number of hydrogen-bond acceptors (Lipinski definition) is 13. The summed E-state index contributed by atoms with van der Waals surface area (Å²) in [6.07, 6.45) is -3.97. The fourth-order valence-corrected chi connectivity index (χ4v) is 10.4. The predicted octanol–water partition coefficient (Wildman–Crippen LogP) is 3.97. The molecule has 362 valence electrons. The monoisotopic (exact) mass is 973 g/mol. The first-order valence-corrected chi connectivity index (χ1v) is 23.7. The molecular formula is C44H63Cl2F2N7O9S. The fourth-order valence-electron chi connectivity index (χ4n) is 8.75. The maximum atomic E-state index is 14.7. The number of rotatable bonds is 11. The molecule has 5 saturated heterocycles. The molecule has 5 aliphatic rings. The molecule has 0 bridgehead atoms. The molecule has 65 heavy (non-hydrogen) atoms. The number of halogens is 4. The van der Waals surface area contributed by atoms with E-state index in [-0.39, 0.29) is 39.1 Å². The second-order valence-electron chi connectivity index (χ2n) is 19.7. The number of alkyl carbamates (subject to hydrolysis) is 1. The molecule has 4 N–H and O–H groups in total. The van der Waals surface area contributed by atoms with Crippen LogP contribution in [0.4, 0.5) is 18.7 Å². The van der Waals surface area contributed by atoms with Crippen molar-refractivity contribution in [3.8, 4) is 11.3 Å². The number of piperazine rings is 1. The number of aliphatic hydroxyl groups is 2. The molecule has 0 saturated carbocycles. The maximum absolute atomic E-state index is 14.7. The minimum absolute atomic E-state index is 0.0795. The van der Waals surface area contributed by atoms with Crippen LogP contribution in [0, 0.1) is 0 Å². The lowest BCUT2D eigenvalue weighted by Gasteiger charge is -2.32. The molecule has 4 amide bonds. The molecule has 0 aliphatic carbocycles. The van der Waals surface area contributed by atoms with Gasteiger partial charge in [0.25, 0.3) is 5.91 Å². The number of nitrogens with zero attached hydrogens (tertiary/aromatic N) is 5. The maximum Gasteiger partial charge on any atom is 0.408 e. The van der Waals surface area contributed by atoms with Crippen LogP contribution in [0.25, 0.3) is 11.3 Å². The highest BCUT2D eigenvalue weighted by atomic mass is 35.5. The summed E-state index contributed by atoms with van der Waals surface area (Å²) in [5, 5.41) is 27.7. The van der Waals surface area contributed by atoms with Crippen LogP contribution in [-0.4, -0.2) is 190 Å². The van der Waals surface area contributed by atoms with Crippen molar-refractivity contribution in [2.24, 2.45) is 0 Å². The molecule has 16 nitrogen and oxygen atoms in total. The smallest absolute Gasteiger partial charge is 0.408 e. The first-order valence-electron chi connectivity index (χ1n) is 21.9. The number of ether oxygens (including phenoxy) is 3. The van der Waals surface area contributed by atoms with Gasteiger partial charge in [-0.2, -0.15) is 0 Å². The lowest BCUT2D eigenvalue weighted by molar-refractivity contribution is -0.137. The van der Waals surface area contributed by atoms with E-state index in [0.717, 1.165) is 42.6 Å². The Kier molecular flexibility index (Phi) is 16.0. The van der Waals surface area contributed by atoms with Crippen LogP contribution in [0.5, 0.6) is 0 Å². The van der Waals surface area contributed by atoms with E-state index < -0.39 is 100 Å². The molecule has 10 atom stereocenters. The van der Waals surface area contributed by atoms with Crippen molar-refractivity contribution in [3.05, 3.63) is 35.2 Å². The number of thiazole rings is 1. The highest BCUT2D eigenvalue weighted by Gasteiger charge is 2.54. The van der Waals surface area contributed by atoms with E-state index in [9.17, 15) is 38.2 Å². The lowest BCUT2D eigenvalue weighted by Crippen LogP contribution is -2.55. The van der Waals surface area contributed by atoms with Gasteiger partial charge in [0.2, 0.25) is 11.8 Å². The minimum Gasteiger partial charge on any atom is -0.444 e. The van der Waals surface area contributed by atoms with Crippen molar-refractivity contribution in [1.29, 1.82) is 0 Å². The first-order chi connectivity index (χ1) is 30.3. The molecule has 5 aliphatic heterocycles. The number of likely N-dealkylation sites (N-methyl/N-ethyl adjacent to an activating group) is 1. The summed E-state index contributed by atoms with van der Waals surface area (Å²) in [5.41, 5.74) is -2.09. The molecule has 2 aromatic rings. The second-order valence-corrected chi connectivity index (χ2v) is 21.6. The van der Waals surface area contributed by atoms with Gasteiger partial charge in [-0.25, -0.2) is 18.6 Å². The van der Waals surface area contributed by atoms with Crippen LogP contribution in [-0.2, 0) is 23.8 Å². The molecular weight excluding hydrogens is 911 g/mol. The largest absolute Gasteiger partial charge is 0.444 e. The predicted molar refractivity (Wildman–Crippen MR) is 243 cm³/mol. The number of fused-ring (bicyclic) bond motifs is 2. The Bertz CT molecular complexity index is 1990. The van der Waals surface area contributed by atoms with Crippen molar-refractivity contribution in [2.75, 3.05) is 64.4 Å². The zero-order valence-corrected chi connectivity index (χ0v) is 40.5. The van der Waals surface area contributed by atoms with E-state index in [2.05, 4.69) is 27.5 Å². The van der Waals surface area contributed by atoms with Gasteiger partial charge in [-0.3, -0.25) is 14.4 Å². The van der Waals surface area contributed by atoms with Gasteiger partial charge in [-0.05, 0) is 67.6 Å². The molecule has 5 fully saturated rings. The normalized spacial score (nSPS) is 27.9. The van der Waals surface area contributed by atoms with E-state index in [4.69, 9.17) is 42.4 Å². The standard InChI is InChI=1S/C27H35ClFN5O4S.C17H28ClFN2O5/c1-27(2,29)12-19(25(37)34-13-18(28)23-22(34)21(35)14-38-23)30-24(36)17-6-4-16(5-7-17)20-15-39-26(31-20)33-10-8-32(3)9-11-33;1-16(2,3)26-15(24)20-10(6-17(4,5)19)14(23)21-7-9(18)13-12(21)11(22)8-25-13/h4-7,15,18-19,21-23,35H,8-14H2,1-3H3,(H,30,36);9-13,22H,6-8H2,1-5H3,(H,20,24)/t18-,19+,21+,22-,23-;9-,10+,11+,12-,13-/m11/s1. The Morgan fingerprint density at radius 1 is 0.815 bits per heavy atom. The minimum atomic E-state index is -1.71. The molecule has 6 heterocycles. The Morgan fingerprint density at radius 3 is 1.75 bits per heavy atom. The Hall–Kier alpha value is -3.43. The number of carbonyl (C=O) groups excluding carboxylic acids is 4. The number of anilines is 1. The van der Waals surface area contributed by atoms with Gasteiger partial charge in [0.05, 0.1) is 54.0 Å². The summed E-state index contributed by atoms with van der Waals surface area (Å²) in [7, 11) is 2.12. The van der Waals surface area contributed by atoms with Crippen LogP contribution < -0.4 is 15.5 Å². The number of benzene rings is 1. The molecule has 7 rings (SSSR count). The summed E-state index contributed by atoms with van der Waals surface area (Å²) < 4.78 is 45.1. The van der Waals surface area contributed by atoms with Gasteiger partial charge in [-0.1, -0.05) is 12.1 Å². The molecule has 1 aromatic heterocycles. The summed E-state index contributed by atoms with van der Waals surface area (Å²) >= 11 is 14.2. The zero-order chi connectivity index (χ0) is 47.8. The van der Waals surface area contributed by atoms with Crippen molar-refractivity contribution in [3.63, 3.8) is 0 Å². The number of aromatic nitrogens is 1. The van der Waals surface area contributed by atoms with Crippen molar-refractivity contribution >= 4 is 63.5 Å². The Labute approximate surface area is 393 Å². The van der Waals surface area contributed by atoms with Crippen LogP contribution in [0.15, 0.2) is 29.6 Å². The zero-order valence-electron chi connectivity index (χ0n) is 38.1. The van der Waals surface area contributed by atoms with Crippen molar-refractivity contribution in [1.82, 2.24) is 30.3 Å². The summed E-state index contributed by atoms with van der Waals surface area (Å²) in [6, 6.07) is 3.52.